The monoisotopic (exact) mass is 293 g/mol. The van der Waals surface area contributed by atoms with E-state index in [0.29, 0.717) is 16.5 Å². The standard InChI is InChI=1S/C15H13ClFNO2/c1-10-2-7-14(13(16)8-10)18-15(19)9-20-12-5-3-11(17)4-6-12/h2-8H,9H2,1H3,(H,18,19). The van der Waals surface area contributed by atoms with E-state index < -0.39 is 0 Å². The average molecular weight is 294 g/mol. The van der Waals surface area contributed by atoms with Crippen molar-refractivity contribution < 1.29 is 13.9 Å². The summed E-state index contributed by atoms with van der Waals surface area (Å²) in [5, 5.41) is 3.12. The molecule has 20 heavy (non-hydrogen) atoms. The Bertz CT molecular complexity index is 614. The van der Waals surface area contributed by atoms with Crippen LogP contribution in [0.4, 0.5) is 10.1 Å². The average Bonchev–Trinajstić information content (AvgIpc) is 2.41. The Morgan fingerprint density at radius 3 is 2.60 bits per heavy atom. The number of hydrogen-bond acceptors (Lipinski definition) is 2. The van der Waals surface area contributed by atoms with Crippen molar-refractivity contribution in [2.75, 3.05) is 11.9 Å². The molecule has 0 heterocycles. The van der Waals surface area contributed by atoms with Gasteiger partial charge in [-0.25, -0.2) is 4.39 Å². The summed E-state index contributed by atoms with van der Waals surface area (Å²) < 4.78 is 17.9. The van der Waals surface area contributed by atoms with Gasteiger partial charge in [-0.05, 0) is 48.9 Å². The highest BCUT2D eigenvalue weighted by atomic mass is 35.5. The Balaban J connectivity index is 1.90. The molecule has 1 N–H and O–H groups in total. The number of ether oxygens (including phenoxy) is 1. The molecule has 0 saturated heterocycles. The van der Waals surface area contributed by atoms with Crippen molar-refractivity contribution in [3.63, 3.8) is 0 Å². The number of hydrogen-bond donors (Lipinski definition) is 1. The van der Waals surface area contributed by atoms with E-state index in [4.69, 9.17) is 16.3 Å². The van der Waals surface area contributed by atoms with Gasteiger partial charge >= 0.3 is 0 Å². The zero-order valence-electron chi connectivity index (χ0n) is 10.8. The minimum atomic E-state index is -0.353. The molecule has 0 aliphatic carbocycles. The first-order valence-corrected chi connectivity index (χ1v) is 6.37. The van der Waals surface area contributed by atoms with Gasteiger partial charge in [-0.3, -0.25) is 4.79 Å². The third-order valence-electron chi connectivity index (χ3n) is 2.58. The van der Waals surface area contributed by atoms with E-state index in [1.54, 1.807) is 12.1 Å². The number of carbonyl (C=O) groups is 1. The van der Waals surface area contributed by atoms with Gasteiger partial charge in [-0.1, -0.05) is 17.7 Å². The van der Waals surface area contributed by atoms with E-state index in [1.165, 1.54) is 24.3 Å². The second-order valence-electron chi connectivity index (χ2n) is 4.27. The van der Waals surface area contributed by atoms with Crippen molar-refractivity contribution in [2.45, 2.75) is 6.92 Å². The smallest absolute Gasteiger partial charge is 0.262 e. The summed E-state index contributed by atoms with van der Waals surface area (Å²) in [6, 6.07) is 10.8. The van der Waals surface area contributed by atoms with Gasteiger partial charge in [0.1, 0.15) is 11.6 Å². The molecule has 0 spiro atoms. The molecule has 104 valence electrons. The molecule has 0 saturated carbocycles. The molecule has 1 amide bonds. The summed E-state index contributed by atoms with van der Waals surface area (Å²) in [6.07, 6.45) is 0. The van der Waals surface area contributed by atoms with E-state index in [2.05, 4.69) is 5.32 Å². The zero-order valence-corrected chi connectivity index (χ0v) is 11.6. The van der Waals surface area contributed by atoms with Crippen LogP contribution in [0.2, 0.25) is 5.02 Å². The van der Waals surface area contributed by atoms with Gasteiger partial charge in [0.25, 0.3) is 5.91 Å². The minimum Gasteiger partial charge on any atom is -0.484 e. The molecule has 0 aliphatic heterocycles. The van der Waals surface area contributed by atoms with Gasteiger partial charge in [0.05, 0.1) is 10.7 Å². The first-order chi connectivity index (χ1) is 9.54. The summed E-state index contributed by atoms with van der Waals surface area (Å²) in [5.74, 6) is -0.259. The van der Waals surface area contributed by atoms with Crippen molar-refractivity contribution >= 4 is 23.2 Å². The van der Waals surface area contributed by atoms with Crippen molar-refractivity contribution in [3.05, 3.63) is 58.9 Å². The second-order valence-corrected chi connectivity index (χ2v) is 4.68. The van der Waals surface area contributed by atoms with E-state index in [0.717, 1.165) is 5.56 Å². The van der Waals surface area contributed by atoms with E-state index in [1.807, 2.05) is 13.0 Å². The minimum absolute atomic E-state index is 0.171. The summed E-state index contributed by atoms with van der Waals surface area (Å²) >= 11 is 6.01. The highest BCUT2D eigenvalue weighted by Crippen LogP contribution is 2.22. The van der Waals surface area contributed by atoms with Crippen molar-refractivity contribution in [1.82, 2.24) is 0 Å². The topological polar surface area (TPSA) is 38.3 Å². The number of rotatable bonds is 4. The molecule has 0 atom stereocenters. The Morgan fingerprint density at radius 2 is 1.95 bits per heavy atom. The molecular weight excluding hydrogens is 281 g/mol. The number of carbonyl (C=O) groups excluding carboxylic acids is 1. The van der Waals surface area contributed by atoms with Crippen LogP contribution in [-0.2, 0) is 4.79 Å². The van der Waals surface area contributed by atoms with Crippen molar-refractivity contribution in [3.8, 4) is 5.75 Å². The van der Waals surface area contributed by atoms with Gasteiger partial charge in [0.2, 0.25) is 0 Å². The molecule has 2 aromatic rings. The van der Waals surface area contributed by atoms with Gasteiger partial charge in [-0.15, -0.1) is 0 Å². The van der Waals surface area contributed by atoms with Crippen LogP contribution in [-0.4, -0.2) is 12.5 Å². The lowest BCUT2D eigenvalue weighted by molar-refractivity contribution is -0.118. The molecular formula is C15H13ClFNO2. The number of nitrogens with one attached hydrogen (secondary N) is 1. The van der Waals surface area contributed by atoms with Crippen LogP contribution in [0.15, 0.2) is 42.5 Å². The molecule has 0 aliphatic rings. The zero-order chi connectivity index (χ0) is 14.5. The van der Waals surface area contributed by atoms with Crippen molar-refractivity contribution in [1.29, 1.82) is 0 Å². The van der Waals surface area contributed by atoms with Crippen LogP contribution >= 0.6 is 11.6 Å². The predicted octanol–water partition coefficient (Wildman–Crippen LogP) is 3.81. The van der Waals surface area contributed by atoms with Crippen LogP contribution in [0.25, 0.3) is 0 Å². The van der Waals surface area contributed by atoms with E-state index >= 15 is 0 Å². The molecule has 0 unspecified atom stereocenters. The third kappa shape index (κ3) is 3.96. The molecule has 2 rings (SSSR count). The maximum absolute atomic E-state index is 12.7. The molecule has 0 aromatic heterocycles. The number of anilines is 1. The van der Waals surface area contributed by atoms with Gasteiger partial charge in [0.15, 0.2) is 6.61 Å². The van der Waals surface area contributed by atoms with Crippen LogP contribution < -0.4 is 10.1 Å². The number of aryl methyl sites for hydroxylation is 1. The predicted molar refractivity (Wildman–Crippen MR) is 76.7 cm³/mol. The fraction of sp³-hybridized carbons (Fsp3) is 0.133. The Hall–Kier alpha value is -2.07. The van der Waals surface area contributed by atoms with E-state index in [9.17, 15) is 9.18 Å². The van der Waals surface area contributed by atoms with Gasteiger partial charge < -0.3 is 10.1 Å². The maximum Gasteiger partial charge on any atom is 0.262 e. The normalized spacial score (nSPS) is 10.2. The highest BCUT2D eigenvalue weighted by molar-refractivity contribution is 6.33. The fourth-order valence-corrected chi connectivity index (χ4v) is 1.87. The maximum atomic E-state index is 12.7. The number of benzene rings is 2. The first kappa shape index (κ1) is 14.3. The fourth-order valence-electron chi connectivity index (χ4n) is 1.59. The lowest BCUT2D eigenvalue weighted by atomic mass is 10.2. The number of amides is 1. The second kappa shape index (κ2) is 6.39. The largest absolute Gasteiger partial charge is 0.484 e. The van der Waals surface area contributed by atoms with Crippen LogP contribution in [0.5, 0.6) is 5.75 Å². The first-order valence-electron chi connectivity index (χ1n) is 5.99. The Morgan fingerprint density at radius 1 is 1.25 bits per heavy atom. The summed E-state index contributed by atoms with van der Waals surface area (Å²) in [6.45, 7) is 1.74. The highest BCUT2D eigenvalue weighted by Gasteiger charge is 2.07. The summed E-state index contributed by atoms with van der Waals surface area (Å²) in [7, 11) is 0. The van der Waals surface area contributed by atoms with E-state index in [-0.39, 0.29) is 18.3 Å². The van der Waals surface area contributed by atoms with Crippen LogP contribution in [0.3, 0.4) is 0 Å². The Labute approximate surface area is 121 Å². The lowest BCUT2D eigenvalue weighted by Gasteiger charge is -2.09. The molecule has 0 radical (unpaired) electrons. The summed E-state index contributed by atoms with van der Waals surface area (Å²) in [4.78, 5) is 11.7. The molecule has 0 bridgehead atoms. The van der Waals surface area contributed by atoms with Gasteiger partial charge in [0, 0.05) is 0 Å². The lowest BCUT2D eigenvalue weighted by Crippen LogP contribution is -2.20. The Kier molecular flexibility index (Phi) is 4.58. The van der Waals surface area contributed by atoms with Crippen LogP contribution in [0, 0.1) is 12.7 Å². The molecule has 5 heteroatoms. The number of halogens is 2. The van der Waals surface area contributed by atoms with Crippen molar-refractivity contribution in [2.24, 2.45) is 0 Å². The molecule has 0 fully saturated rings. The quantitative estimate of drug-likeness (QED) is 0.931. The SMILES string of the molecule is Cc1ccc(NC(=O)COc2ccc(F)cc2)c(Cl)c1. The third-order valence-corrected chi connectivity index (χ3v) is 2.89. The molecule has 3 nitrogen and oxygen atoms in total. The summed E-state index contributed by atoms with van der Waals surface area (Å²) in [5.41, 5.74) is 1.54. The molecule has 2 aromatic carbocycles. The van der Waals surface area contributed by atoms with Gasteiger partial charge in [-0.2, -0.15) is 0 Å². The van der Waals surface area contributed by atoms with Crippen LogP contribution in [0.1, 0.15) is 5.56 Å².